The normalized spacial score (nSPS) is 25.1. The van der Waals surface area contributed by atoms with Crippen LogP contribution in [0.1, 0.15) is 31.2 Å². The monoisotopic (exact) mass is 348 g/mol. The minimum atomic E-state index is -0.977. The number of carbonyl (C=O) groups is 2. The molecular formula is C18H24N2O5. The first kappa shape index (κ1) is 17.7. The van der Waals surface area contributed by atoms with Gasteiger partial charge >= 0.3 is 12.1 Å². The topological polar surface area (TPSA) is 90.3 Å². The average molecular weight is 348 g/mol. The molecule has 1 aromatic carbocycles. The number of aliphatic hydroxyl groups excluding tert-OH is 1. The molecule has 2 saturated heterocycles. The summed E-state index contributed by atoms with van der Waals surface area (Å²) in [6.45, 7) is 1.23. The highest BCUT2D eigenvalue weighted by molar-refractivity contribution is 5.74. The first-order valence-electron chi connectivity index (χ1n) is 8.72. The number of nitrogens with zero attached hydrogens (tertiary/aromatic N) is 2. The molecule has 2 aliphatic heterocycles. The maximum Gasteiger partial charge on any atom is 0.410 e. The van der Waals surface area contributed by atoms with Crippen LogP contribution in [-0.4, -0.2) is 63.5 Å². The van der Waals surface area contributed by atoms with Crippen molar-refractivity contribution >= 4 is 12.1 Å². The number of likely N-dealkylation sites (tertiary alicyclic amines) is 2. The Bertz CT molecular complexity index is 609. The minimum absolute atomic E-state index is 0.181. The van der Waals surface area contributed by atoms with Crippen LogP contribution >= 0.6 is 0 Å². The van der Waals surface area contributed by atoms with Gasteiger partial charge in [-0.25, -0.2) is 4.79 Å². The van der Waals surface area contributed by atoms with Crippen LogP contribution in [0.15, 0.2) is 30.3 Å². The molecule has 136 valence electrons. The largest absolute Gasteiger partial charge is 0.480 e. The fraction of sp³-hybridized carbons (Fsp3) is 0.556. The van der Waals surface area contributed by atoms with Gasteiger partial charge in [-0.1, -0.05) is 30.3 Å². The molecule has 2 fully saturated rings. The van der Waals surface area contributed by atoms with Crippen molar-refractivity contribution < 1.29 is 24.5 Å². The summed E-state index contributed by atoms with van der Waals surface area (Å²) in [7, 11) is 0. The number of hydrogen-bond donors (Lipinski definition) is 2. The van der Waals surface area contributed by atoms with Gasteiger partial charge in [0, 0.05) is 13.1 Å². The number of aliphatic carboxylic acids is 1. The summed E-state index contributed by atoms with van der Waals surface area (Å²) in [5, 5.41) is 20.0. The minimum Gasteiger partial charge on any atom is -0.480 e. The summed E-state index contributed by atoms with van der Waals surface area (Å²) in [6, 6.07) is 8.31. The second-order valence-electron chi connectivity index (χ2n) is 6.59. The average Bonchev–Trinajstić information content (AvgIpc) is 3.29. The van der Waals surface area contributed by atoms with Crippen molar-refractivity contribution in [2.75, 3.05) is 13.1 Å². The molecule has 1 amide bonds. The molecule has 1 unspecified atom stereocenters. The van der Waals surface area contributed by atoms with Crippen LogP contribution < -0.4 is 0 Å². The van der Waals surface area contributed by atoms with Crippen LogP contribution in [0, 0.1) is 0 Å². The summed E-state index contributed by atoms with van der Waals surface area (Å²) in [5.41, 5.74) is 0.901. The Morgan fingerprint density at radius 3 is 2.60 bits per heavy atom. The molecule has 0 radical (unpaired) electrons. The summed E-state index contributed by atoms with van der Waals surface area (Å²) in [6.07, 6.45) is 1.24. The number of aliphatic hydroxyl groups is 1. The maximum absolute atomic E-state index is 12.4. The van der Waals surface area contributed by atoms with E-state index >= 15 is 0 Å². The highest BCUT2D eigenvalue weighted by atomic mass is 16.6. The quantitative estimate of drug-likeness (QED) is 0.841. The highest BCUT2D eigenvalue weighted by Crippen LogP contribution is 2.28. The molecule has 2 N–H and O–H groups in total. The zero-order chi connectivity index (χ0) is 17.8. The standard InChI is InChI=1S/C18H24N2O5/c21-16(19-10-5-9-15(19)17(22)23)14-8-4-11-20(14)18(24)25-12-13-6-2-1-3-7-13/h1-3,6-7,14-16,21H,4-5,8-12H2,(H,22,23)/t14-,15-,16?/m0/s1. The molecule has 7 nitrogen and oxygen atoms in total. The number of hydrogen-bond acceptors (Lipinski definition) is 5. The lowest BCUT2D eigenvalue weighted by atomic mass is 10.1. The Morgan fingerprint density at radius 2 is 1.88 bits per heavy atom. The van der Waals surface area contributed by atoms with Crippen LogP contribution in [0.4, 0.5) is 4.79 Å². The zero-order valence-electron chi connectivity index (χ0n) is 14.1. The van der Waals surface area contributed by atoms with Crippen molar-refractivity contribution in [2.45, 2.75) is 50.6 Å². The number of amides is 1. The third-order valence-electron chi connectivity index (χ3n) is 5.00. The fourth-order valence-corrected chi connectivity index (χ4v) is 3.72. The fourth-order valence-electron chi connectivity index (χ4n) is 3.72. The lowest BCUT2D eigenvalue weighted by Gasteiger charge is -2.35. The number of benzene rings is 1. The summed E-state index contributed by atoms with van der Waals surface area (Å²) >= 11 is 0. The SMILES string of the molecule is O=C(O)[C@@H]1CCCN1C(O)[C@@H]1CCCN1C(=O)OCc1ccccc1. The second-order valence-corrected chi connectivity index (χ2v) is 6.59. The van der Waals surface area contributed by atoms with E-state index < -0.39 is 30.4 Å². The van der Waals surface area contributed by atoms with Crippen molar-refractivity contribution in [3.05, 3.63) is 35.9 Å². The third kappa shape index (κ3) is 3.93. The van der Waals surface area contributed by atoms with Crippen LogP contribution in [0.25, 0.3) is 0 Å². The lowest BCUT2D eigenvalue weighted by molar-refractivity contribution is -0.148. The predicted molar refractivity (Wildman–Crippen MR) is 89.7 cm³/mol. The van der Waals surface area contributed by atoms with Gasteiger partial charge in [0.25, 0.3) is 0 Å². The number of rotatable bonds is 5. The van der Waals surface area contributed by atoms with E-state index in [1.165, 1.54) is 4.90 Å². The number of carbonyl (C=O) groups excluding carboxylic acids is 1. The molecule has 3 rings (SSSR count). The van der Waals surface area contributed by atoms with Crippen LogP contribution in [0.5, 0.6) is 0 Å². The van der Waals surface area contributed by atoms with Gasteiger partial charge in [0.05, 0.1) is 6.04 Å². The molecule has 0 saturated carbocycles. The molecule has 3 atom stereocenters. The third-order valence-corrected chi connectivity index (χ3v) is 5.00. The van der Waals surface area contributed by atoms with Crippen molar-refractivity contribution in [1.82, 2.24) is 9.80 Å². The van der Waals surface area contributed by atoms with Crippen molar-refractivity contribution in [3.8, 4) is 0 Å². The smallest absolute Gasteiger partial charge is 0.410 e. The van der Waals surface area contributed by atoms with Gasteiger partial charge in [0.1, 0.15) is 18.9 Å². The van der Waals surface area contributed by atoms with Crippen molar-refractivity contribution in [2.24, 2.45) is 0 Å². The summed E-state index contributed by atoms with van der Waals surface area (Å²) in [5.74, 6) is -0.923. The predicted octanol–water partition coefficient (Wildman–Crippen LogP) is 1.65. The Hall–Kier alpha value is -2.12. The van der Waals surface area contributed by atoms with Gasteiger partial charge in [-0.15, -0.1) is 0 Å². The van der Waals surface area contributed by atoms with Gasteiger partial charge in [0.2, 0.25) is 0 Å². The van der Waals surface area contributed by atoms with E-state index in [1.54, 1.807) is 4.90 Å². The molecule has 2 heterocycles. The Kier molecular flexibility index (Phi) is 5.55. The molecular weight excluding hydrogens is 324 g/mol. The van der Waals surface area contributed by atoms with E-state index in [1.807, 2.05) is 30.3 Å². The molecule has 0 bridgehead atoms. The summed E-state index contributed by atoms with van der Waals surface area (Å²) in [4.78, 5) is 26.9. The van der Waals surface area contributed by atoms with E-state index in [0.29, 0.717) is 25.9 Å². The van der Waals surface area contributed by atoms with Crippen LogP contribution in [0.3, 0.4) is 0 Å². The highest BCUT2D eigenvalue weighted by Gasteiger charge is 2.43. The van der Waals surface area contributed by atoms with Gasteiger partial charge < -0.3 is 19.8 Å². The molecule has 25 heavy (non-hydrogen) atoms. The first-order valence-corrected chi connectivity index (χ1v) is 8.72. The first-order chi connectivity index (χ1) is 12.1. The van der Waals surface area contributed by atoms with E-state index in [0.717, 1.165) is 18.4 Å². The van der Waals surface area contributed by atoms with Gasteiger partial charge in [-0.05, 0) is 31.2 Å². The van der Waals surface area contributed by atoms with E-state index in [-0.39, 0.29) is 6.61 Å². The van der Waals surface area contributed by atoms with Gasteiger partial charge in [0.15, 0.2) is 0 Å². The molecule has 2 aliphatic rings. The van der Waals surface area contributed by atoms with E-state index in [9.17, 15) is 19.8 Å². The number of ether oxygens (including phenoxy) is 1. The Morgan fingerprint density at radius 1 is 1.16 bits per heavy atom. The van der Waals surface area contributed by atoms with Gasteiger partial charge in [-0.3, -0.25) is 9.69 Å². The Balaban J connectivity index is 1.61. The molecule has 0 spiro atoms. The van der Waals surface area contributed by atoms with Gasteiger partial charge in [-0.2, -0.15) is 0 Å². The lowest BCUT2D eigenvalue weighted by Crippen LogP contribution is -2.54. The van der Waals surface area contributed by atoms with E-state index in [2.05, 4.69) is 0 Å². The number of carboxylic acids is 1. The molecule has 0 aliphatic carbocycles. The molecule has 7 heteroatoms. The zero-order valence-corrected chi connectivity index (χ0v) is 14.1. The Labute approximate surface area is 146 Å². The molecule has 0 aromatic heterocycles. The summed E-state index contributed by atoms with van der Waals surface area (Å²) < 4.78 is 5.37. The second kappa shape index (κ2) is 7.84. The molecule has 1 aromatic rings. The van der Waals surface area contributed by atoms with Crippen LogP contribution in [0.2, 0.25) is 0 Å². The maximum atomic E-state index is 12.4. The number of carboxylic acid groups (broad SMARTS) is 1. The van der Waals surface area contributed by atoms with Crippen molar-refractivity contribution in [1.29, 1.82) is 0 Å². The van der Waals surface area contributed by atoms with Crippen LogP contribution in [-0.2, 0) is 16.1 Å². The van der Waals surface area contributed by atoms with Crippen molar-refractivity contribution in [3.63, 3.8) is 0 Å². The van der Waals surface area contributed by atoms with E-state index in [4.69, 9.17) is 4.74 Å².